The van der Waals surface area contributed by atoms with Gasteiger partial charge in [0.05, 0.1) is 11.8 Å². The van der Waals surface area contributed by atoms with Gasteiger partial charge in [0.15, 0.2) is 5.13 Å². The number of carboxylic acid groups (broad SMARTS) is 1. The maximum Gasteiger partial charge on any atom is 0.417 e. The highest BCUT2D eigenvalue weighted by Crippen LogP contribution is 2.37. The molecule has 0 spiro atoms. The molecule has 0 unspecified atom stereocenters. The molecule has 20 heavy (non-hydrogen) atoms. The molecule has 0 aliphatic rings. The summed E-state index contributed by atoms with van der Waals surface area (Å²) in [6, 6.07) is 3.62. The first-order valence-electron chi connectivity index (χ1n) is 5.10. The van der Waals surface area contributed by atoms with Crippen LogP contribution in [0.15, 0.2) is 28.9 Å². The number of alkyl halides is 3. The molecule has 0 atom stereocenters. The normalized spacial score (nSPS) is 11.4. The Hall–Kier alpha value is -1.61. The summed E-state index contributed by atoms with van der Waals surface area (Å²) in [7, 11) is 0. The minimum Gasteiger partial charge on any atom is -0.477 e. The first-order valence-corrected chi connectivity index (χ1v) is 6.71. The lowest BCUT2D eigenvalue weighted by atomic mass is 10.2. The van der Waals surface area contributed by atoms with Gasteiger partial charge in [-0.2, -0.15) is 13.2 Å². The monoisotopic (exact) mass is 366 g/mol. The molecule has 0 radical (unpaired) electrons. The van der Waals surface area contributed by atoms with Crippen LogP contribution in [0.5, 0.6) is 0 Å². The van der Waals surface area contributed by atoms with Gasteiger partial charge in [0.2, 0.25) is 0 Å². The maximum atomic E-state index is 12.7. The van der Waals surface area contributed by atoms with E-state index >= 15 is 0 Å². The molecule has 0 aliphatic carbocycles. The summed E-state index contributed by atoms with van der Waals surface area (Å²) in [4.78, 5) is 14.5. The quantitative estimate of drug-likeness (QED) is 0.846. The highest BCUT2D eigenvalue weighted by atomic mass is 79.9. The van der Waals surface area contributed by atoms with Crippen molar-refractivity contribution >= 4 is 44.1 Å². The molecule has 2 aromatic rings. The number of hydrogen-bond acceptors (Lipinski definition) is 4. The average Bonchev–Trinajstić information content (AvgIpc) is 2.79. The number of hydrogen-bond donors (Lipinski definition) is 2. The molecule has 1 aromatic carbocycles. The van der Waals surface area contributed by atoms with Gasteiger partial charge in [-0.1, -0.05) is 27.3 Å². The lowest BCUT2D eigenvalue weighted by Gasteiger charge is -2.11. The van der Waals surface area contributed by atoms with E-state index < -0.39 is 17.7 Å². The Bertz CT molecular complexity index is 657. The van der Waals surface area contributed by atoms with Crippen LogP contribution in [0.1, 0.15) is 15.2 Å². The van der Waals surface area contributed by atoms with Gasteiger partial charge < -0.3 is 10.4 Å². The second kappa shape index (κ2) is 5.41. The molecule has 106 valence electrons. The van der Waals surface area contributed by atoms with Gasteiger partial charge in [-0.05, 0) is 18.2 Å². The van der Waals surface area contributed by atoms with Crippen molar-refractivity contribution in [1.82, 2.24) is 4.98 Å². The molecule has 9 heteroatoms. The van der Waals surface area contributed by atoms with Crippen molar-refractivity contribution in [2.75, 3.05) is 5.32 Å². The number of benzene rings is 1. The second-order valence-electron chi connectivity index (χ2n) is 3.65. The Kier molecular flexibility index (Phi) is 4.00. The molecule has 2 N–H and O–H groups in total. The van der Waals surface area contributed by atoms with Gasteiger partial charge in [0.1, 0.15) is 4.88 Å². The number of carbonyl (C=O) groups is 1. The molecule has 1 heterocycles. The Labute approximate surface area is 123 Å². The van der Waals surface area contributed by atoms with Crippen LogP contribution in [0.3, 0.4) is 0 Å². The average molecular weight is 367 g/mol. The number of nitrogens with one attached hydrogen (secondary N) is 1. The minimum atomic E-state index is -4.48. The first-order chi connectivity index (χ1) is 9.27. The van der Waals surface area contributed by atoms with Crippen LogP contribution in [0.4, 0.5) is 24.0 Å². The van der Waals surface area contributed by atoms with Crippen LogP contribution >= 0.6 is 27.3 Å². The van der Waals surface area contributed by atoms with E-state index in [1.807, 2.05) is 0 Å². The molecular formula is C11H6BrF3N2O2S. The van der Waals surface area contributed by atoms with Gasteiger partial charge in [0.25, 0.3) is 0 Å². The molecule has 1 aromatic heterocycles. The largest absolute Gasteiger partial charge is 0.477 e. The number of thiazole rings is 1. The highest BCUT2D eigenvalue weighted by Gasteiger charge is 2.33. The van der Waals surface area contributed by atoms with E-state index in [0.717, 1.165) is 23.6 Å². The van der Waals surface area contributed by atoms with Crippen molar-refractivity contribution in [3.05, 3.63) is 39.3 Å². The molecule has 0 amide bonds. The summed E-state index contributed by atoms with van der Waals surface area (Å²) in [6.45, 7) is 0. The van der Waals surface area contributed by atoms with Gasteiger partial charge in [-0.25, -0.2) is 9.78 Å². The Morgan fingerprint density at radius 3 is 2.65 bits per heavy atom. The highest BCUT2D eigenvalue weighted by molar-refractivity contribution is 9.10. The number of halogens is 4. The Morgan fingerprint density at radius 2 is 2.10 bits per heavy atom. The molecule has 0 saturated carbocycles. The van der Waals surface area contributed by atoms with E-state index in [1.54, 1.807) is 0 Å². The number of aromatic carboxylic acids is 1. The van der Waals surface area contributed by atoms with Gasteiger partial charge in [-0.15, -0.1) is 0 Å². The predicted octanol–water partition coefficient (Wildman–Crippen LogP) is 4.37. The van der Waals surface area contributed by atoms with E-state index in [-0.39, 0.29) is 20.2 Å². The summed E-state index contributed by atoms with van der Waals surface area (Å²) in [5.74, 6) is -1.14. The second-order valence-corrected chi connectivity index (χ2v) is 5.54. The van der Waals surface area contributed by atoms with E-state index in [2.05, 4.69) is 26.2 Å². The van der Waals surface area contributed by atoms with Crippen LogP contribution in [-0.2, 0) is 6.18 Å². The van der Waals surface area contributed by atoms with Crippen LogP contribution in [0.2, 0.25) is 0 Å². The van der Waals surface area contributed by atoms with E-state index in [9.17, 15) is 18.0 Å². The van der Waals surface area contributed by atoms with Crippen molar-refractivity contribution in [3.8, 4) is 0 Å². The zero-order valence-corrected chi connectivity index (χ0v) is 11.9. The number of aromatic nitrogens is 1. The fourth-order valence-electron chi connectivity index (χ4n) is 1.37. The van der Waals surface area contributed by atoms with Crippen molar-refractivity contribution in [1.29, 1.82) is 0 Å². The maximum absolute atomic E-state index is 12.7. The Morgan fingerprint density at radius 1 is 1.40 bits per heavy atom. The van der Waals surface area contributed by atoms with E-state index in [4.69, 9.17) is 5.11 Å². The van der Waals surface area contributed by atoms with Gasteiger partial charge in [-0.3, -0.25) is 0 Å². The van der Waals surface area contributed by atoms with Crippen molar-refractivity contribution in [2.24, 2.45) is 0 Å². The lowest BCUT2D eigenvalue weighted by molar-refractivity contribution is -0.138. The van der Waals surface area contributed by atoms with E-state index in [1.165, 1.54) is 12.1 Å². The fourth-order valence-corrected chi connectivity index (χ4v) is 2.52. The van der Waals surface area contributed by atoms with Crippen LogP contribution < -0.4 is 5.32 Å². The third-order valence-electron chi connectivity index (χ3n) is 2.24. The smallest absolute Gasteiger partial charge is 0.417 e. The molecule has 2 rings (SSSR count). The summed E-state index contributed by atoms with van der Waals surface area (Å²) < 4.78 is 38.1. The van der Waals surface area contributed by atoms with Crippen LogP contribution in [0, 0.1) is 0 Å². The molecule has 0 fully saturated rings. The van der Waals surface area contributed by atoms with Crippen molar-refractivity contribution < 1.29 is 23.1 Å². The summed E-state index contributed by atoms with van der Waals surface area (Å²) in [6.07, 6.45) is -3.34. The molecular weight excluding hydrogens is 361 g/mol. The van der Waals surface area contributed by atoms with Gasteiger partial charge >= 0.3 is 12.1 Å². The first kappa shape index (κ1) is 14.8. The molecule has 0 bridgehead atoms. The molecule has 0 saturated heterocycles. The number of rotatable bonds is 3. The van der Waals surface area contributed by atoms with Crippen molar-refractivity contribution in [3.63, 3.8) is 0 Å². The molecule has 0 aliphatic heterocycles. The lowest BCUT2D eigenvalue weighted by Crippen LogP contribution is -2.06. The zero-order valence-electron chi connectivity index (χ0n) is 9.53. The zero-order chi connectivity index (χ0) is 14.9. The third kappa shape index (κ3) is 3.28. The van der Waals surface area contributed by atoms with Crippen LogP contribution in [-0.4, -0.2) is 16.1 Å². The standard InChI is InChI=1S/C11H6BrF3N2O2S/c12-7-2-1-5(3-6(7)11(13,14)15)17-10-16-4-8(20-10)9(18)19/h1-4H,(H,16,17)(H,18,19). The summed E-state index contributed by atoms with van der Waals surface area (Å²) in [5, 5.41) is 11.6. The number of carboxylic acids is 1. The number of anilines is 2. The fraction of sp³-hybridized carbons (Fsp3) is 0.0909. The molecule has 4 nitrogen and oxygen atoms in total. The summed E-state index contributed by atoms with van der Waals surface area (Å²) >= 11 is 3.67. The predicted molar refractivity (Wildman–Crippen MR) is 71.5 cm³/mol. The SMILES string of the molecule is O=C(O)c1cnc(Nc2ccc(Br)c(C(F)(F)F)c2)s1. The summed E-state index contributed by atoms with van der Waals surface area (Å²) in [5.41, 5.74) is -0.649. The van der Waals surface area contributed by atoms with Crippen LogP contribution in [0.25, 0.3) is 0 Å². The number of nitrogens with zero attached hydrogens (tertiary/aromatic N) is 1. The topological polar surface area (TPSA) is 62.2 Å². The van der Waals surface area contributed by atoms with E-state index in [0.29, 0.717) is 0 Å². The third-order valence-corrected chi connectivity index (χ3v) is 3.83. The van der Waals surface area contributed by atoms with Gasteiger partial charge in [0, 0.05) is 10.2 Å². The van der Waals surface area contributed by atoms with Crippen molar-refractivity contribution in [2.45, 2.75) is 6.18 Å². The minimum absolute atomic E-state index is 0.000608. The Balaban J connectivity index is 2.27.